The highest BCUT2D eigenvalue weighted by atomic mass is 35.5. The van der Waals surface area contributed by atoms with Crippen LogP contribution in [0.5, 0.6) is 0 Å². The molecule has 1 atom stereocenters. The Morgan fingerprint density at radius 2 is 1.81 bits per heavy atom. The predicted octanol–water partition coefficient (Wildman–Crippen LogP) is 3.98. The Bertz CT molecular complexity index is 903. The standard InChI is InChI=1S/C20H22ClN5O/c1-14-3-5-16(6-4-14)19-23-20(27-24-19)15(2)25-9-11-26(12-10-25)18-7-8-22-13-17(18)21/h3-8,13,15H,9-12H2,1-2H3. The van der Waals surface area contributed by atoms with Gasteiger partial charge in [-0.05, 0) is 19.9 Å². The van der Waals surface area contributed by atoms with Crippen molar-refractivity contribution in [2.45, 2.75) is 19.9 Å². The minimum Gasteiger partial charge on any atom is -0.368 e. The molecule has 2 aromatic heterocycles. The second-order valence-corrected chi connectivity index (χ2v) is 7.26. The third-order valence-corrected chi connectivity index (χ3v) is 5.35. The number of aromatic nitrogens is 3. The highest BCUT2D eigenvalue weighted by Crippen LogP contribution is 2.28. The lowest BCUT2D eigenvalue weighted by atomic mass is 10.1. The summed E-state index contributed by atoms with van der Waals surface area (Å²) in [4.78, 5) is 13.3. The molecule has 0 saturated carbocycles. The summed E-state index contributed by atoms with van der Waals surface area (Å²) in [6.45, 7) is 7.78. The number of piperazine rings is 1. The summed E-state index contributed by atoms with van der Waals surface area (Å²) in [6, 6.07) is 10.2. The first-order valence-corrected chi connectivity index (χ1v) is 9.49. The van der Waals surface area contributed by atoms with E-state index in [2.05, 4.69) is 50.9 Å². The van der Waals surface area contributed by atoms with Crippen LogP contribution < -0.4 is 4.90 Å². The number of hydrogen-bond acceptors (Lipinski definition) is 6. The van der Waals surface area contributed by atoms with E-state index in [1.165, 1.54) is 5.56 Å². The molecular formula is C20H22ClN5O. The van der Waals surface area contributed by atoms with Crippen LogP contribution in [0, 0.1) is 6.92 Å². The minimum absolute atomic E-state index is 0.0757. The van der Waals surface area contributed by atoms with Gasteiger partial charge in [0.05, 0.1) is 16.8 Å². The zero-order valence-electron chi connectivity index (χ0n) is 15.5. The summed E-state index contributed by atoms with van der Waals surface area (Å²) in [7, 11) is 0. The molecule has 0 amide bonds. The molecule has 3 aromatic rings. The van der Waals surface area contributed by atoms with Crippen LogP contribution in [0.1, 0.15) is 24.4 Å². The van der Waals surface area contributed by atoms with E-state index in [-0.39, 0.29) is 6.04 Å². The van der Waals surface area contributed by atoms with Crippen molar-refractivity contribution in [3.05, 3.63) is 59.2 Å². The van der Waals surface area contributed by atoms with Crippen molar-refractivity contribution in [2.75, 3.05) is 31.1 Å². The van der Waals surface area contributed by atoms with Crippen LogP contribution in [-0.2, 0) is 0 Å². The van der Waals surface area contributed by atoms with Gasteiger partial charge in [0.2, 0.25) is 11.7 Å². The van der Waals surface area contributed by atoms with Crippen molar-refractivity contribution in [1.82, 2.24) is 20.0 Å². The van der Waals surface area contributed by atoms with Crippen molar-refractivity contribution < 1.29 is 4.52 Å². The van der Waals surface area contributed by atoms with E-state index in [1.807, 2.05) is 18.2 Å². The third-order valence-electron chi connectivity index (χ3n) is 5.06. The number of anilines is 1. The van der Waals surface area contributed by atoms with E-state index in [0.717, 1.165) is 37.4 Å². The Labute approximate surface area is 163 Å². The topological polar surface area (TPSA) is 58.3 Å². The van der Waals surface area contributed by atoms with Crippen LogP contribution >= 0.6 is 11.6 Å². The summed E-state index contributed by atoms with van der Waals surface area (Å²) in [5.74, 6) is 1.29. The number of benzene rings is 1. The Morgan fingerprint density at radius 1 is 1.07 bits per heavy atom. The maximum Gasteiger partial charge on any atom is 0.244 e. The van der Waals surface area contributed by atoms with Gasteiger partial charge in [0.1, 0.15) is 0 Å². The number of halogens is 1. The summed E-state index contributed by atoms with van der Waals surface area (Å²) in [5, 5.41) is 4.85. The molecule has 6 nitrogen and oxygen atoms in total. The third kappa shape index (κ3) is 3.82. The van der Waals surface area contributed by atoms with Gasteiger partial charge in [0.15, 0.2) is 0 Å². The maximum atomic E-state index is 6.27. The average Bonchev–Trinajstić information content (AvgIpc) is 3.19. The lowest BCUT2D eigenvalue weighted by molar-refractivity contribution is 0.164. The molecule has 1 fully saturated rings. The summed E-state index contributed by atoms with van der Waals surface area (Å²) < 4.78 is 5.55. The molecule has 1 unspecified atom stereocenters. The normalized spacial score (nSPS) is 16.5. The van der Waals surface area contributed by atoms with Gasteiger partial charge in [-0.1, -0.05) is 46.6 Å². The van der Waals surface area contributed by atoms with Crippen molar-refractivity contribution in [3.8, 4) is 11.4 Å². The Morgan fingerprint density at radius 3 is 2.52 bits per heavy atom. The van der Waals surface area contributed by atoms with Crippen LogP contribution in [0.3, 0.4) is 0 Å². The van der Waals surface area contributed by atoms with Crippen molar-refractivity contribution in [1.29, 1.82) is 0 Å². The quantitative estimate of drug-likeness (QED) is 0.679. The first kappa shape index (κ1) is 17.9. The molecule has 0 spiro atoms. The van der Waals surface area contributed by atoms with Gasteiger partial charge in [-0.3, -0.25) is 9.88 Å². The van der Waals surface area contributed by atoms with Gasteiger partial charge in [-0.2, -0.15) is 4.98 Å². The van der Waals surface area contributed by atoms with Gasteiger partial charge >= 0.3 is 0 Å². The van der Waals surface area contributed by atoms with Crippen LogP contribution in [0.4, 0.5) is 5.69 Å². The number of pyridine rings is 1. The van der Waals surface area contributed by atoms with Crippen molar-refractivity contribution >= 4 is 17.3 Å². The molecule has 140 valence electrons. The lowest BCUT2D eigenvalue weighted by Gasteiger charge is -2.38. The maximum absolute atomic E-state index is 6.27. The van der Waals surface area contributed by atoms with Crippen molar-refractivity contribution in [2.24, 2.45) is 0 Å². The molecular weight excluding hydrogens is 362 g/mol. The zero-order chi connectivity index (χ0) is 18.8. The van der Waals surface area contributed by atoms with Crippen LogP contribution in [0.15, 0.2) is 47.2 Å². The number of rotatable bonds is 4. The van der Waals surface area contributed by atoms with E-state index in [0.29, 0.717) is 16.7 Å². The van der Waals surface area contributed by atoms with Crippen LogP contribution in [0.25, 0.3) is 11.4 Å². The number of hydrogen-bond donors (Lipinski definition) is 0. The average molecular weight is 384 g/mol. The molecule has 3 heterocycles. The van der Waals surface area contributed by atoms with Gasteiger partial charge < -0.3 is 9.42 Å². The first-order chi connectivity index (χ1) is 13.1. The second-order valence-electron chi connectivity index (χ2n) is 6.85. The molecule has 1 aliphatic rings. The van der Waals surface area contributed by atoms with Gasteiger partial charge in [0, 0.05) is 44.1 Å². The second kappa shape index (κ2) is 7.66. The van der Waals surface area contributed by atoms with Gasteiger partial charge in [-0.25, -0.2) is 0 Å². The monoisotopic (exact) mass is 383 g/mol. The Balaban J connectivity index is 1.42. The number of aryl methyl sites for hydroxylation is 1. The first-order valence-electron chi connectivity index (χ1n) is 9.11. The highest BCUT2D eigenvalue weighted by molar-refractivity contribution is 6.33. The lowest BCUT2D eigenvalue weighted by Crippen LogP contribution is -2.47. The summed E-state index contributed by atoms with van der Waals surface area (Å²) in [5.41, 5.74) is 3.22. The number of nitrogens with zero attached hydrogens (tertiary/aromatic N) is 5. The molecule has 27 heavy (non-hydrogen) atoms. The molecule has 0 bridgehead atoms. The van der Waals surface area contributed by atoms with E-state index in [4.69, 9.17) is 16.1 Å². The SMILES string of the molecule is Cc1ccc(-c2noc(C(C)N3CCN(c4ccncc4Cl)CC3)n2)cc1. The molecule has 0 N–H and O–H groups in total. The molecule has 7 heteroatoms. The van der Waals surface area contributed by atoms with Crippen molar-refractivity contribution in [3.63, 3.8) is 0 Å². The largest absolute Gasteiger partial charge is 0.368 e. The minimum atomic E-state index is 0.0757. The van der Waals surface area contributed by atoms with Gasteiger partial charge in [0.25, 0.3) is 0 Å². The summed E-state index contributed by atoms with van der Waals surface area (Å²) >= 11 is 6.27. The molecule has 0 aliphatic carbocycles. The fraction of sp³-hybridized carbons (Fsp3) is 0.350. The molecule has 4 rings (SSSR count). The van der Waals surface area contributed by atoms with E-state index in [1.54, 1.807) is 12.4 Å². The Hall–Kier alpha value is -2.44. The Kier molecular flexibility index (Phi) is 5.09. The predicted molar refractivity (Wildman–Crippen MR) is 106 cm³/mol. The van der Waals surface area contributed by atoms with Crippen LogP contribution in [-0.4, -0.2) is 46.2 Å². The fourth-order valence-corrected chi connectivity index (χ4v) is 3.59. The molecule has 1 saturated heterocycles. The highest BCUT2D eigenvalue weighted by Gasteiger charge is 2.26. The molecule has 1 aliphatic heterocycles. The fourth-order valence-electron chi connectivity index (χ4n) is 3.36. The van der Waals surface area contributed by atoms with E-state index < -0.39 is 0 Å². The van der Waals surface area contributed by atoms with E-state index >= 15 is 0 Å². The zero-order valence-corrected chi connectivity index (χ0v) is 16.2. The van der Waals surface area contributed by atoms with Gasteiger partial charge in [-0.15, -0.1) is 0 Å². The molecule has 0 radical (unpaired) electrons. The van der Waals surface area contributed by atoms with Crippen LogP contribution in [0.2, 0.25) is 5.02 Å². The summed E-state index contributed by atoms with van der Waals surface area (Å²) in [6.07, 6.45) is 3.47. The molecule has 1 aromatic carbocycles. The van der Waals surface area contributed by atoms with E-state index in [9.17, 15) is 0 Å². The smallest absolute Gasteiger partial charge is 0.244 e.